The lowest BCUT2D eigenvalue weighted by Gasteiger charge is -2.19. The average Bonchev–Trinajstić information content (AvgIpc) is 3.42. The van der Waals surface area contributed by atoms with Crippen molar-refractivity contribution in [2.24, 2.45) is 0 Å². The summed E-state index contributed by atoms with van der Waals surface area (Å²) in [6.45, 7) is -0.412. The van der Waals surface area contributed by atoms with Crippen molar-refractivity contribution in [2.75, 3.05) is 12.4 Å². The van der Waals surface area contributed by atoms with E-state index in [1.54, 1.807) is 0 Å². The van der Waals surface area contributed by atoms with Crippen molar-refractivity contribution in [2.45, 2.75) is 37.3 Å². The summed E-state index contributed by atoms with van der Waals surface area (Å²) in [4.78, 5) is 20.9. The van der Waals surface area contributed by atoms with Gasteiger partial charge in [0.1, 0.15) is 53.6 Å². The van der Waals surface area contributed by atoms with Crippen LogP contribution < -0.4 is 10.0 Å². The molecule has 1 saturated carbocycles. The zero-order chi connectivity index (χ0) is 26.9. The quantitative estimate of drug-likeness (QED) is 0.273. The highest BCUT2D eigenvalue weighted by atomic mass is 32.2. The summed E-state index contributed by atoms with van der Waals surface area (Å²) in [6, 6.07) is 1.41. The van der Waals surface area contributed by atoms with E-state index in [1.807, 2.05) is 4.72 Å². The van der Waals surface area contributed by atoms with E-state index in [4.69, 9.17) is 4.18 Å². The van der Waals surface area contributed by atoms with Crippen LogP contribution in [-0.4, -0.2) is 75.6 Å². The summed E-state index contributed by atoms with van der Waals surface area (Å²) < 4.78 is 72.3. The summed E-state index contributed by atoms with van der Waals surface area (Å²) in [5.41, 5.74) is -0.658. The van der Waals surface area contributed by atoms with Crippen LogP contribution in [0.25, 0.3) is 0 Å². The standard InChI is InChI=1S/C21H21F3N6O6S/c1-25-37(34,35)36-17-6-16(19(32)20(17)33)28-21-11(7-26-9-27-21)18(31)15-2-3-30(29-15)8-12-13(23)4-10(22)5-14(12)24/h2-5,7,9,16-17,19-20,25,32-33H,6,8H2,1H3,(H,26,27,28)/t16-,17-,19+,20+/m1/s1. The van der Waals surface area contributed by atoms with E-state index in [0.29, 0.717) is 12.1 Å². The van der Waals surface area contributed by atoms with E-state index in [9.17, 15) is 36.6 Å². The van der Waals surface area contributed by atoms with Crippen LogP contribution in [0.4, 0.5) is 19.0 Å². The molecule has 12 nitrogen and oxygen atoms in total. The van der Waals surface area contributed by atoms with Crippen molar-refractivity contribution in [1.82, 2.24) is 24.5 Å². The Morgan fingerprint density at radius 2 is 1.92 bits per heavy atom. The second-order valence-electron chi connectivity index (χ2n) is 8.12. The molecule has 0 bridgehead atoms. The first-order valence-corrected chi connectivity index (χ1v) is 12.2. The Kier molecular flexibility index (Phi) is 7.56. The molecule has 0 radical (unpaired) electrons. The number of aliphatic hydroxyl groups is 2. The van der Waals surface area contributed by atoms with Gasteiger partial charge in [0.25, 0.3) is 0 Å². The highest BCUT2D eigenvalue weighted by molar-refractivity contribution is 7.84. The van der Waals surface area contributed by atoms with Crippen molar-refractivity contribution < 1.29 is 40.8 Å². The number of carbonyl (C=O) groups excluding carboxylic acids is 1. The number of aliphatic hydroxyl groups excluding tert-OH is 2. The molecule has 1 aliphatic carbocycles. The van der Waals surface area contributed by atoms with Gasteiger partial charge in [-0.3, -0.25) is 13.7 Å². The number of aromatic nitrogens is 4. The van der Waals surface area contributed by atoms with E-state index in [0.717, 1.165) is 18.1 Å². The molecule has 4 rings (SSSR count). The minimum absolute atomic E-state index is 0.0430. The third-order valence-corrected chi connectivity index (χ3v) is 6.71. The van der Waals surface area contributed by atoms with Gasteiger partial charge in [0, 0.05) is 43.6 Å². The molecular weight excluding hydrogens is 521 g/mol. The first-order valence-electron chi connectivity index (χ1n) is 10.7. The zero-order valence-corrected chi connectivity index (χ0v) is 19.9. The number of carbonyl (C=O) groups is 1. The van der Waals surface area contributed by atoms with Gasteiger partial charge in [-0.25, -0.2) is 23.1 Å². The Balaban J connectivity index is 1.52. The van der Waals surface area contributed by atoms with E-state index >= 15 is 0 Å². The smallest absolute Gasteiger partial charge is 0.335 e. The van der Waals surface area contributed by atoms with E-state index < -0.39 is 70.0 Å². The predicted octanol–water partition coefficient (Wildman–Crippen LogP) is 0.125. The fraction of sp³-hybridized carbons (Fsp3) is 0.333. The topological polar surface area (TPSA) is 169 Å². The first-order chi connectivity index (χ1) is 17.5. The van der Waals surface area contributed by atoms with Gasteiger partial charge in [-0.1, -0.05) is 0 Å². The van der Waals surface area contributed by atoms with Crippen LogP contribution in [0.1, 0.15) is 28.0 Å². The molecular formula is C21H21F3N6O6S. The molecule has 1 fully saturated rings. The van der Waals surface area contributed by atoms with Gasteiger partial charge in [0.15, 0.2) is 0 Å². The summed E-state index contributed by atoms with van der Waals surface area (Å²) in [5.74, 6) is -4.00. The molecule has 0 amide bonds. The Morgan fingerprint density at radius 1 is 1.22 bits per heavy atom. The minimum atomic E-state index is -4.15. The number of nitrogens with zero attached hydrogens (tertiary/aromatic N) is 4. The van der Waals surface area contributed by atoms with Crippen LogP contribution >= 0.6 is 0 Å². The van der Waals surface area contributed by atoms with Crippen molar-refractivity contribution in [3.63, 3.8) is 0 Å². The molecule has 1 aliphatic rings. The molecule has 0 saturated heterocycles. The van der Waals surface area contributed by atoms with Gasteiger partial charge in [0.2, 0.25) is 5.78 Å². The van der Waals surface area contributed by atoms with Crippen LogP contribution in [-0.2, 0) is 21.0 Å². The molecule has 0 aliphatic heterocycles. The molecule has 16 heteroatoms. The van der Waals surface area contributed by atoms with Gasteiger partial charge in [-0.2, -0.15) is 18.2 Å². The lowest BCUT2D eigenvalue weighted by Crippen LogP contribution is -2.38. The Hall–Kier alpha value is -3.44. The van der Waals surface area contributed by atoms with Crippen molar-refractivity contribution >= 4 is 21.9 Å². The lowest BCUT2D eigenvalue weighted by atomic mass is 10.1. The third kappa shape index (κ3) is 5.78. The van der Waals surface area contributed by atoms with Crippen LogP contribution in [0, 0.1) is 17.5 Å². The number of rotatable bonds is 9. The summed E-state index contributed by atoms with van der Waals surface area (Å²) >= 11 is 0. The molecule has 2 aromatic heterocycles. The summed E-state index contributed by atoms with van der Waals surface area (Å²) in [7, 11) is -3.03. The van der Waals surface area contributed by atoms with Gasteiger partial charge in [0.05, 0.1) is 18.2 Å². The number of hydrogen-bond acceptors (Lipinski definition) is 10. The van der Waals surface area contributed by atoms with Crippen LogP contribution in [0.15, 0.2) is 36.9 Å². The van der Waals surface area contributed by atoms with Crippen molar-refractivity contribution in [3.8, 4) is 0 Å². The number of nitrogens with one attached hydrogen (secondary N) is 2. The second-order valence-corrected chi connectivity index (χ2v) is 9.63. The second kappa shape index (κ2) is 10.5. The number of ketones is 1. The molecule has 1 aromatic carbocycles. The molecule has 0 spiro atoms. The lowest BCUT2D eigenvalue weighted by molar-refractivity contribution is -0.00882. The fourth-order valence-corrected chi connectivity index (χ4v) is 4.43. The molecule has 198 valence electrons. The minimum Gasteiger partial charge on any atom is -0.388 e. The average molecular weight is 542 g/mol. The Morgan fingerprint density at radius 3 is 2.59 bits per heavy atom. The maximum atomic E-state index is 14.0. The molecule has 0 unspecified atom stereocenters. The van der Waals surface area contributed by atoms with Crippen LogP contribution in [0.2, 0.25) is 0 Å². The van der Waals surface area contributed by atoms with Crippen LogP contribution in [0.5, 0.6) is 0 Å². The van der Waals surface area contributed by atoms with E-state index in [2.05, 4.69) is 20.4 Å². The summed E-state index contributed by atoms with van der Waals surface area (Å²) in [6.07, 6.45) is -0.840. The fourth-order valence-electron chi connectivity index (χ4n) is 3.82. The molecule has 4 N–H and O–H groups in total. The maximum absolute atomic E-state index is 14.0. The van der Waals surface area contributed by atoms with E-state index in [-0.39, 0.29) is 23.5 Å². The number of hydrogen-bond donors (Lipinski definition) is 4. The number of halogens is 3. The number of benzene rings is 1. The molecule has 4 atom stereocenters. The molecule has 37 heavy (non-hydrogen) atoms. The predicted molar refractivity (Wildman–Crippen MR) is 120 cm³/mol. The SMILES string of the molecule is CNS(=O)(=O)O[C@@H]1C[C@@H](Nc2ncncc2C(=O)c2ccn(Cc3c(F)cc(F)cc3F)n2)[C@H](O)[C@H]1O. The van der Waals surface area contributed by atoms with Crippen molar-refractivity contribution in [1.29, 1.82) is 0 Å². The van der Waals surface area contributed by atoms with Gasteiger partial charge in [-0.15, -0.1) is 0 Å². The monoisotopic (exact) mass is 542 g/mol. The van der Waals surface area contributed by atoms with E-state index in [1.165, 1.54) is 18.5 Å². The number of anilines is 1. The maximum Gasteiger partial charge on any atom is 0.335 e. The van der Waals surface area contributed by atoms with Crippen LogP contribution in [0.3, 0.4) is 0 Å². The van der Waals surface area contributed by atoms with Gasteiger partial charge < -0.3 is 15.5 Å². The third-order valence-electron chi connectivity index (χ3n) is 5.71. The first kappa shape index (κ1) is 26.6. The Bertz CT molecular complexity index is 1400. The molecule has 3 aromatic rings. The van der Waals surface area contributed by atoms with Gasteiger partial charge >= 0.3 is 10.3 Å². The Labute approximate surface area is 208 Å². The van der Waals surface area contributed by atoms with Crippen molar-refractivity contribution in [3.05, 3.63) is 71.2 Å². The zero-order valence-electron chi connectivity index (χ0n) is 19.0. The highest BCUT2D eigenvalue weighted by Crippen LogP contribution is 2.28. The summed E-state index contributed by atoms with van der Waals surface area (Å²) in [5, 5.41) is 27.4. The normalized spacial score (nSPS) is 21.8. The van der Waals surface area contributed by atoms with Gasteiger partial charge in [-0.05, 0) is 6.07 Å². The largest absolute Gasteiger partial charge is 0.388 e. The highest BCUT2D eigenvalue weighted by Gasteiger charge is 2.44. The molecule has 2 heterocycles.